The smallest absolute Gasteiger partial charge is 0.319 e. The Morgan fingerprint density at radius 1 is 1.19 bits per heavy atom. The van der Waals surface area contributed by atoms with Gasteiger partial charge in [0.2, 0.25) is 0 Å². The molecule has 0 fully saturated rings. The number of carbonyl (C=O) groups excluding carboxylic acids is 2. The Balaban J connectivity index is 2.65. The van der Waals surface area contributed by atoms with E-state index < -0.39 is 0 Å². The highest BCUT2D eigenvalue weighted by Crippen LogP contribution is 2.14. The maximum absolute atomic E-state index is 12.1. The maximum Gasteiger partial charge on any atom is 0.319 e. The average molecular weight is 292 g/mol. The van der Waals surface area contributed by atoms with Crippen LogP contribution in [0, 0.1) is 0 Å². The minimum absolute atomic E-state index is 0.0299. The van der Waals surface area contributed by atoms with E-state index >= 15 is 0 Å². The van der Waals surface area contributed by atoms with Gasteiger partial charge in [0.1, 0.15) is 0 Å². The zero-order valence-electron chi connectivity index (χ0n) is 12.6. The molecule has 6 nitrogen and oxygen atoms in total. The summed E-state index contributed by atoms with van der Waals surface area (Å²) in [5.74, 6) is -0.201. The number of benzene rings is 1. The Hall–Kier alpha value is -2.08. The van der Waals surface area contributed by atoms with Gasteiger partial charge in [-0.25, -0.2) is 4.79 Å². The zero-order chi connectivity index (χ0) is 15.7. The third-order valence-corrected chi connectivity index (χ3v) is 2.76. The average Bonchev–Trinajstić information content (AvgIpc) is 2.43. The summed E-state index contributed by atoms with van der Waals surface area (Å²) >= 11 is 0. The molecule has 0 heterocycles. The van der Waals surface area contributed by atoms with Crippen LogP contribution in [0.3, 0.4) is 0 Å². The fourth-order valence-electron chi connectivity index (χ4n) is 1.78. The summed E-state index contributed by atoms with van der Waals surface area (Å²) < 4.78 is 0. The van der Waals surface area contributed by atoms with Crippen molar-refractivity contribution >= 4 is 17.6 Å². The first-order chi connectivity index (χ1) is 10.0. The molecule has 5 N–H and O–H groups in total. The predicted molar refractivity (Wildman–Crippen MR) is 84.4 cm³/mol. The van der Waals surface area contributed by atoms with E-state index in [1.807, 2.05) is 13.8 Å². The first-order valence-electron chi connectivity index (χ1n) is 7.19. The number of urea groups is 1. The van der Waals surface area contributed by atoms with Gasteiger partial charge in [-0.1, -0.05) is 12.1 Å². The zero-order valence-corrected chi connectivity index (χ0v) is 12.6. The normalized spacial score (nSPS) is 10.3. The predicted octanol–water partition coefficient (Wildman–Crippen LogP) is 1.69. The molecule has 0 unspecified atom stereocenters. The summed E-state index contributed by atoms with van der Waals surface area (Å²) in [6.07, 6.45) is 1.71. The van der Waals surface area contributed by atoms with Crippen molar-refractivity contribution in [2.24, 2.45) is 5.73 Å². The summed E-state index contributed by atoms with van der Waals surface area (Å²) in [4.78, 5) is 23.8. The van der Waals surface area contributed by atoms with Crippen molar-refractivity contribution in [3.63, 3.8) is 0 Å². The van der Waals surface area contributed by atoms with Crippen LogP contribution >= 0.6 is 0 Å². The third kappa shape index (κ3) is 6.27. The number of hydrogen-bond donors (Lipinski definition) is 4. The summed E-state index contributed by atoms with van der Waals surface area (Å²) in [5.41, 5.74) is 6.35. The van der Waals surface area contributed by atoms with Crippen molar-refractivity contribution in [2.75, 3.05) is 18.4 Å². The number of amides is 3. The summed E-state index contributed by atoms with van der Waals surface area (Å²) in [6.45, 7) is 4.93. The van der Waals surface area contributed by atoms with E-state index in [9.17, 15) is 9.59 Å². The molecule has 0 aliphatic heterocycles. The SMILES string of the molecule is CC(C)NC(=O)Nc1ccccc1C(=O)NCCCCN. The number of unbranched alkanes of at least 4 members (excludes halogenated alkanes) is 1. The van der Waals surface area contributed by atoms with Crippen LogP contribution in [-0.2, 0) is 0 Å². The van der Waals surface area contributed by atoms with Crippen LogP contribution in [0.1, 0.15) is 37.0 Å². The van der Waals surface area contributed by atoms with Gasteiger partial charge in [-0.3, -0.25) is 4.79 Å². The minimum atomic E-state index is -0.326. The number of nitrogens with two attached hydrogens (primary N) is 1. The molecule has 116 valence electrons. The molecule has 3 amide bonds. The first kappa shape index (κ1) is 17.0. The molecule has 0 aromatic heterocycles. The van der Waals surface area contributed by atoms with Crippen LogP contribution in [0.25, 0.3) is 0 Å². The molecule has 1 aromatic rings. The highest BCUT2D eigenvalue weighted by molar-refractivity contribution is 6.03. The topological polar surface area (TPSA) is 96.2 Å². The van der Waals surface area contributed by atoms with E-state index in [2.05, 4.69) is 16.0 Å². The Morgan fingerprint density at radius 2 is 1.90 bits per heavy atom. The molecular formula is C15H24N4O2. The lowest BCUT2D eigenvalue weighted by atomic mass is 10.1. The number of rotatable bonds is 7. The molecule has 0 spiro atoms. The monoisotopic (exact) mass is 292 g/mol. The second-order valence-electron chi connectivity index (χ2n) is 5.05. The van der Waals surface area contributed by atoms with Crippen LogP contribution < -0.4 is 21.7 Å². The molecule has 0 saturated carbocycles. The third-order valence-electron chi connectivity index (χ3n) is 2.76. The minimum Gasteiger partial charge on any atom is -0.352 e. The Kier molecular flexibility index (Phi) is 7.25. The van der Waals surface area contributed by atoms with Crippen LogP contribution in [-0.4, -0.2) is 31.1 Å². The van der Waals surface area contributed by atoms with E-state index in [1.165, 1.54) is 0 Å². The summed E-state index contributed by atoms with van der Waals surface area (Å²) in [7, 11) is 0. The standard InChI is InChI=1S/C15H24N4O2/c1-11(2)18-15(21)19-13-8-4-3-7-12(13)14(20)17-10-6-5-9-16/h3-4,7-8,11H,5-6,9-10,16H2,1-2H3,(H,17,20)(H2,18,19,21). The largest absolute Gasteiger partial charge is 0.352 e. The molecule has 1 aromatic carbocycles. The lowest BCUT2D eigenvalue weighted by Gasteiger charge is -2.13. The van der Waals surface area contributed by atoms with Gasteiger partial charge < -0.3 is 21.7 Å². The Labute approximate surface area is 125 Å². The van der Waals surface area contributed by atoms with Gasteiger partial charge in [-0.15, -0.1) is 0 Å². The molecule has 0 aliphatic carbocycles. The first-order valence-corrected chi connectivity index (χ1v) is 7.19. The van der Waals surface area contributed by atoms with Gasteiger partial charge in [0.05, 0.1) is 11.3 Å². The molecular weight excluding hydrogens is 268 g/mol. The van der Waals surface area contributed by atoms with E-state index in [-0.39, 0.29) is 18.0 Å². The van der Waals surface area contributed by atoms with Gasteiger partial charge in [-0.2, -0.15) is 0 Å². The van der Waals surface area contributed by atoms with E-state index in [0.717, 1.165) is 12.8 Å². The summed E-state index contributed by atoms with van der Waals surface area (Å²) in [5, 5.41) is 8.24. The fourth-order valence-corrected chi connectivity index (χ4v) is 1.78. The van der Waals surface area contributed by atoms with Crippen LogP contribution in [0.5, 0.6) is 0 Å². The molecule has 21 heavy (non-hydrogen) atoms. The molecule has 1 rings (SSSR count). The van der Waals surface area contributed by atoms with Gasteiger partial charge in [0, 0.05) is 12.6 Å². The number of para-hydroxylation sites is 1. The van der Waals surface area contributed by atoms with Crippen molar-refractivity contribution in [3.05, 3.63) is 29.8 Å². The second-order valence-corrected chi connectivity index (χ2v) is 5.05. The quantitative estimate of drug-likeness (QED) is 0.576. The highest BCUT2D eigenvalue weighted by Gasteiger charge is 2.12. The molecule has 0 atom stereocenters. The van der Waals surface area contributed by atoms with Crippen LogP contribution in [0.2, 0.25) is 0 Å². The van der Waals surface area contributed by atoms with Crippen molar-refractivity contribution in [1.29, 1.82) is 0 Å². The lowest BCUT2D eigenvalue weighted by Crippen LogP contribution is -2.35. The second kappa shape index (κ2) is 8.97. The van der Waals surface area contributed by atoms with Crippen molar-refractivity contribution < 1.29 is 9.59 Å². The molecule has 0 radical (unpaired) electrons. The number of hydrogen-bond acceptors (Lipinski definition) is 3. The lowest BCUT2D eigenvalue weighted by molar-refractivity contribution is 0.0954. The Bertz CT molecular complexity index is 474. The van der Waals surface area contributed by atoms with Crippen molar-refractivity contribution in [2.45, 2.75) is 32.7 Å². The van der Waals surface area contributed by atoms with E-state index in [4.69, 9.17) is 5.73 Å². The fraction of sp³-hybridized carbons (Fsp3) is 0.467. The number of carbonyl (C=O) groups is 2. The van der Waals surface area contributed by atoms with Gasteiger partial charge >= 0.3 is 6.03 Å². The maximum atomic E-state index is 12.1. The van der Waals surface area contributed by atoms with Crippen LogP contribution in [0.4, 0.5) is 10.5 Å². The molecule has 6 heteroatoms. The van der Waals surface area contributed by atoms with Crippen LogP contribution in [0.15, 0.2) is 24.3 Å². The van der Waals surface area contributed by atoms with Gasteiger partial charge in [0.25, 0.3) is 5.91 Å². The molecule has 0 aliphatic rings. The van der Waals surface area contributed by atoms with Crippen molar-refractivity contribution in [3.8, 4) is 0 Å². The number of anilines is 1. The molecule has 0 bridgehead atoms. The van der Waals surface area contributed by atoms with Crippen molar-refractivity contribution in [1.82, 2.24) is 10.6 Å². The van der Waals surface area contributed by atoms with E-state index in [1.54, 1.807) is 24.3 Å². The summed E-state index contributed by atoms with van der Waals surface area (Å²) in [6, 6.07) is 6.63. The van der Waals surface area contributed by atoms with Gasteiger partial charge in [-0.05, 0) is 45.4 Å². The van der Waals surface area contributed by atoms with E-state index in [0.29, 0.717) is 24.3 Å². The number of nitrogens with one attached hydrogen (secondary N) is 3. The Morgan fingerprint density at radius 3 is 2.57 bits per heavy atom. The van der Waals surface area contributed by atoms with Gasteiger partial charge in [0.15, 0.2) is 0 Å². The highest BCUT2D eigenvalue weighted by atomic mass is 16.2. The molecule has 0 saturated heterocycles.